The third-order valence-electron chi connectivity index (χ3n) is 12.2. The van der Waals surface area contributed by atoms with E-state index in [-0.39, 0.29) is 31.6 Å². The van der Waals surface area contributed by atoms with E-state index in [0.29, 0.717) is 0 Å². The molecule has 18 heteroatoms. The Balaban J connectivity index is 1.88. The van der Waals surface area contributed by atoms with Gasteiger partial charge in [0.05, 0.1) is 86.7 Å². The molecule has 2 saturated heterocycles. The normalized spacial score (nSPS) is 41.5. The van der Waals surface area contributed by atoms with Gasteiger partial charge in [-0.25, -0.2) is 0 Å². The fourth-order valence-corrected chi connectivity index (χ4v) is 8.09. The summed E-state index contributed by atoms with van der Waals surface area (Å²) in [7, 11) is 1.12. The van der Waals surface area contributed by atoms with Crippen LogP contribution < -0.4 is 5.73 Å². The summed E-state index contributed by atoms with van der Waals surface area (Å²) in [5.74, 6) is -5.93. The number of aliphatic hydroxyl groups is 10. The van der Waals surface area contributed by atoms with Gasteiger partial charge in [0.2, 0.25) is 0 Å². The van der Waals surface area contributed by atoms with Gasteiger partial charge in [0, 0.05) is 37.5 Å². The number of ether oxygens (including phenoxy) is 5. The molecule has 0 aromatic heterocycles. The Morgan fingerprint density at radius 2 is 1.24 bits per heavy atom. The van der Waals surface area contributed by atoms with E-state index in [2.05, 4.69) is 0 Å². The van der Waals surface area contributed by atoms with Crippen molar-refractivity contribution < 1.29 is 84.3 Å². The molecule has 374 valence electrons. The second-order valence-corrected chi connectivity index (χ2v) is 17.8. The van der Waals surface area contributed by atoms with Crippen molar-refractivity contribution in [3.8, 4) is 0 Å². The molecule has 3 aliphatic rings. The summed E-state index contributed by atoms with van der Waals surface area (Å²) in [6, 6.07) is -1.13. The highest BCUT2D eigenvalue weighted by atomic mass is 16.7. The fourth-order valence-electron chi connectivity index (χ4n) is 8.09. The number of allylic oxidation sites excluding steroid dienone is 12. The maximum atomic E-state index is 13.1. The number of nitrogens with two attached hydrogens (primary N) is 1. The summed E-state index contributed by atoms with van der Waals surface area (Å²) in [6.07, 6.45) is 4.50. The van der Waals surface area contributed by atoms with Crippen molar-refractivity contribution in [3.05, 3.63) is 85.1 Å². The summed E-state index contributed by atoms with van der Waals surface area (Å²) in [6.45, 7) is 6.78. The number of esters is 2. The standard InChI is InChI=1S/C48H75NO17/c1-28-18-16-14-12-10-8-6-7-9-11-13-15-17-19-35(65-47-45(59)42(49)44(58)31(4)64-47)25-39-41(46(60)62-5)38(55)27-48(61,66-39)26-34(52)23-37(54)36(53)21-20-32(50)22-33(51)24-40(56)63-30(3)29(2)43(28)57/h6-19,28-39,41-45,47,50-55,57-59,61H,20-27,49H2,1-5H3/t28-,29-,30-,31+,32+,33+,34-,35-,36+,37+,38-,39-,41+,42-,43+,44+,45-,47-,48+/m0/s1/i5+1. The zero-order chi connectivity index (χ0) is 49.1. The summed E-state index contributed by atoms with van der Waals surface area (Å²) >= 11 is 0. The molecule has 0 spiro atoms. The van der Waals surface area contributed by atoms with E-state index in [9.17, 15) is 60.7 Å². The highest BCUT2D eigenvalue weighted by molar-refractivity contribution is 5.74. The van der Waals surface area contributed by atoms with Gasteiger partial charge in [-0.1, -0.05) is 98.9 Å². The zero-order valence-corrected chi connectivity index (χ0v) is 38.5. The molecule has 19 atom stereocenters. The molecule has 0 aromatic carbocycles. The van der Waals surface area contributed by atoms with E-state index in [1.807, 2.05) is 37.3 Å². The largest absolute Gasteiger partial charge is 0.469 e. The number of fused-ring (bicyclic) bond motifs is 2. The molecule has 0 aromatic rings. The van der Waals surface area contributed by atoms with E-state index in [0.717, 1.165) is 7.11 Å². The lowest BCUT2D eigenvalue weighted by molar-refractivity contribution is -0.308. The molecule has 3 aliphatic heterocycles. The lowest BCUT2D eigenvalue weighted by Gasteiger charge is -2.45. The molecule has 0 unspecified atom stereocenters. The Morgan fingerprint density at radius 3 is 1.83 bits per heavy atom. The van der Waals surface area contributed by atoms with Gasteiger partial charge in [0.25, 0.3) is 0 Å². The van der Waals surface area contributed by atoms with Gasteiger partial charge < -0.3 is 80.5 Å². The van der Waals surface area contributed by atoms with Gasteiger partial charge in [-0.2, -0.15) is 0 Å². The molecule has 66 heavy (non-hydrogen) atoms. The highest BCUT2D eigenvalue weighted by Gasteiger charge is 2.51. The fraction of sp³-hybridized carbons (Fsp3) is 0.667. The summed E-state index contributed by atoms with van der Waals surface area (Å²) in [5, 5.41) is 109. The minimum absolute atomic E-state index is 0.0949. The molecule has 0 amide bonds. The number of methoxy groups -OCH3 is 1. The Bertz CT molecular complexity index is 1680. The van der Waals surface area contributed by atoms with Crippen molar-refractivity contribution in [2.75, 3.05) is 7.11 Å². The van der Waals surface area contributed by atoms with Crippen LogP contribution in [0.15, 0.2) is 85.1 Å². The SMILES string of the molecule is C[C@@H]1[C@H](O)[C@@H](C)C=CC=CC=CC=CC=CC=CC=C[C@H](O[C@@H]2O[C@H](C)[C@@H](O)[C@H](N)[C@@H]2O)C[C@@H]2O[C@](O)(C[C@@H](O)C[C@@H](O)[C@H](O)CC[C@@H](O)C[C@@H](O)CC(=O)O[C@H]1C)C[C@H](O)[C@H]2C(=O)O[13CH3]. The molecule has 0 saturated carbocycles. The number of hydrogen-bond donors (Lipinski definition) is 11. The van der Waals surface area contributed by atoms with Crippen molar-refractivity contribution >= 4 is 11.9 Å². The maximum Gasteiger partial charge on any atom is 0.313 e. The molecular weight excluding hydrogens is 864 g/mol. The number of hydrogen-bond acceptors (Lipinski definition) is 18. The van der Waals surface area contributed by atoms with E-state index < -0.39 is 147 Å². The second-order valence-electron chi connectivity index (χ2n) is 17.8. The van der Waals surface area contributed by atoms with Gasteiger partial charge in [-0.15, -0.1) is 0 Å². The zero-order valence-electron chi connectivity index (χ0n) is 38.5. The minimum atomic E-state index is -2.27. The summed E-state index contributed by atoms with van der Waals surface area (Å²) in [4.78, 5) is 25.7. The van der Waals surface area contributed by atoms with Crippen LogP contribution in [0.1, 0.15) is 79.1 Å². The first-order valence-corrected chi connectivity index (χ1v) is 22.7. The van der Waals surface area contributed by atoms with E-state index in [1.165, 1.54) is 0 Å². The van der Waals surface area contributed by atoms with Gasteiger partial charge in [-0.05, 0) is 33.1 Å². The quantitative estimate of drug-likeness (QED) is 0.138. The molecule has 3 rings (SSSR count). The number of carbonyl (C=O) groups is 2. The van der Waals surface area contributed by atoms with Crippen LogP contribution in [0, 0.1) is 17.8 Å². The Morgan fingerprint density at radius 1 is 0.667 bits per heavy atom. The summed E-state index contributed by atoms with van der Waals surface area (Å²) in [5.41, 5.74) is 6.05. The number of aliphatic hydroxyl groups excluding tert-OH is 9. The first-order chi connectivity index (χ1) is 31.2. The van der Waals surface area contributed by atoms with E-state index in [1.54, 1.807) is 75.5 Å². The van der Waals surface area contributed by atoms with Crippen LogP contribution >= 0.6 is 0 Å². The van der Waals surface area contributed by atoms with E-state index in [4.69, 9.17) is 29.4 Å². The third kappa shape index (κ3) is 18.6. The van der Waals surface area contributed by atoms with Crippen molar-refractivity contribution in [2.24, 2.45) is 23.5 Å². The number of rotatable bonds is 3. The smallest absolute Gasteiger partial charge is 0.313 e. The van der Waals surface area contributed by atoms with E-state index >= 15 is 0 Å². The van der Waals surface area contributed by atoms with Gasteiger partial charge in [0.15, 0.2) is 12.1 Å². The summed E-state index contributed by atoms with van der Waals surface area (Å²) < 4.78 is 28.4. The molecule has 2 bridgehead atoms. The molecule has 12 N–H and O–H groups in total. The average molecular weight is 939 g/mol. The van der Waals surface area contributed by atoms with Crippen LogP contribution in [-0.4, -0.2) is 168 Å². The van der Waals surface area contributed by atoms with Gasteiger partial charge in [0.1, 0.15) is 18.1 Å². The topological polar surface area (TPSA) is 309 Å². The van der Waals surface area contributed by atoms with Crippen LogP contribution in [0.2, 0.25) is 0 Å². The van der Waals surface area contributed by atoms with Crippen molar-refractivity contribution in [2.45, 2.75) is 177 Å². The van der Waals surface area contributed by atoms with Crippen molar-refractivity contribution in [1.82, 2.24) is 0 Å². The first kappa shape index (κ1) is 56.9. The van der Waals surface area contributed by atoms with Gasteiger partial charge >= 0.3 is 11.9 Å². The van der Waals surface area contributed by atoms with Crippen LogP contribution in [0.3, 0.4) is 0 Å². The highest BCUT2D eigenvalue weighted by Crippen LogP contribution is 2.38. The van der Waals surface area contributed by atoms with Crippen molar-refractivity contribution in [1.29, 1.82) is 0 Å². The predicted molar refractivity (Wildman–Crippen MR) is 241 cm³/mol. The second kappa shape index (κ2) is 28.1. The Kier molecular flexibility index (Phi) is 24.3. The minimum Gasteiger partial charge on any atom is -0.469 e. The lowest BCUT2D eigenvalue weighted by Crippen LogP contribution is -2.61. The first-order valence-electron chi connectivity index (χ1n) is 22.7. The number of cyclic esters (lactones) is 1. The van der Waals surface area contributed by atoms with Crippen LogP contribution in [0.5, 0.6) is 0 Å². The Hall–Kier alpha value is -3.44. The van der Waals surface area contributed by atoms with Crippen LogP contribution in [-0.2, 0) is 33.3 Å². The molecule has 3 heterocycles. The van der Waals surface area contributed by atoms with Crippen molar-refractivity contribution in [3.63, 3.8) is 0 Å². The van der Waals surface area contributed by atoms with Gasteiger partial charge in [-0.3, -0.25) is 9.59 Å². The number of carbonyl (C=O) groups excluding carboxylic acids is 2. The molecular formula is C48H75NO17. The maximum absolute atomic E-state index is 13.1. The predicted octanol–water partition coefficient (Wildman–Crippen LogP) is 0.800. The molecule has 0 radical (unpaired) electrons. The van der Waals surface area contributed by atoms with Crippen LogP contribution in [0.25, 0.3) is 0 Å². The third-order valence-corrected chi connectivity index (χ3v) is 12.2. The Labute approximate surface area is 387 Å². The molecule has 2 fully saturated rings. The molecule has 0 aliphatic carbocycles. The lowest BCUT2D eigenvalue weighted by atomic mass is 9.82. The van der Waals surface area contributed by atoms with Crippen LogP contribution in [0.4, 0.5) is 0 Å². The average Bonchev–Trinajstić information content (AvgIpc) is 3.24. The monoisotopic (exact) mass is 939 g/mol. The molecule has 18 nitrogen and oxygen atoms in total.